The minimum absolute atomic E-state index is 0.230. The average molecular weight is 374 g/mol. The highest BCUT2D eigenvalue weighted by Crippen LogP contribution is 2.30. The van der Waals surface area contributed by atoms with Crippen LogP contribution in [0.25, 0.3) is 27.2 Å². The molecule has 2 aromatic heterocycles. The van der Waals surface area contributed by atoms with Crippen LogP contribution in [0.4, 0.5) is 0 Å². The summed E-state index contributed by atoms with van der Waals surface area (Å²) in [4.78, 5) is 20.2. The molecule has 0 atom stereocenters. The van der Waals surface area contributed by atoms with Gasteiger partial charge in [0.25, 0.3) is 5.91 Å². The zero-order chi connectivity index (χ0) is 18.4. The van der Waals surface area contributed by atoms with Gasteiger partial charge >= 0.3 is 0 Å². The molecule has 0 saturated heterocycles. The second kappa shape index (κ2) is 6.07. The number of ether oxygens (including phenoxy) is 1. The van der Waals surface area contributed by atoms with Gasteiger partial charge in [0, 0.05) is 22.7 Å². The van der Waals surface area contributed by atoms with Crippen molar-refractivity contribution in [2.45, 2.75) is 0 Å². The largest absolute Gasteiger partial charge is 0.497 e. The SMILES string of the molecule is COc1ccc2nc(C3=NNC(=O)/C3=C\c3c[nH]c4ccccc34)sc2c1. The molecule has 1 aliphatic heterocycles. The van der Waals surface area contributed by atoms with Crippen LogP contribution in [0.1, 0.15) is 10.6 Å². The first-order chi connectivity index (χ1) is 13.2. The number of nitrogens with one attached hydrogen (secondary N) is 2. The molecule has 0 unspecified atom stereocenters. The lowest BCUT2D eigenvalue weighted by atomic mass is 10.1. The van der Waals surface area contributed by atoms with Crippen LogP contribution < -0.4 is 10.2 Å². The third-order valence-corrected chi connectivity index (χ3v) is 5.51. The number of thiazole rings is 1. The topological polar surface area (TPSA) is 79.4 Å². The Morgan fingerprint density at radius 3 is 2.96 bits per heavy atom. The molecule has 0 spiro atoms. The van der Waals surface area contributed by atoms with Crippen LogP contribution in [-0.4, -0.2) is 28.7 Å². The summed E-state index contributed by atoms with van der Waals surface area (Å²) in [6.07, 6.45) is 3.75. The number of para-hydroxylation sites is 1. The molecule has 2 N–H and O–H groups in total. The predicted molar refractivity (Wildman–Crippen MR) is 107 cm³/mol. The third-order valence-electron chi connectivity index (χ3n) is 4.49. The second-order valence-corrected chi connectivity index (χ2v) is 7.13. The number of hydrogen-bond acceptors (Lipinski definition) is 5. The fraction of sp³-hybridized carbons (Fsp3) is 0.0500. The molecule has 5 rings (SSSR count). The van der Waals surface area contributed by atoms with E-state index >= 15 is 0 Å². The van der Waals surface area contributed by atoms with Gasteiger partial charge in [0.2, 0.25) is 0 Å². The Hall–Kier alpha value is -3.45. The van der Waals surface area contributed by atoms with E-state index in [2.05, 4.69) is 20.5 Å². The van der Waals surface area contributed by atoms with Gasteiger partial charge in [-0.1, -0.05) is 18.2 Å². The van der Waals surface area contributed by atoms with Crippen LogP contribution in [0.2, 0.25) is 0 Å². The summed E-state index contributed by atoms with van der Waals surface area (Å²) in [5.74, 6) is 0.543. The van der Waals surface area contributed by atoms with Gasteiger partial charge in [-0.25, -0.2) is 10.4 Å². The van der Waals surface area contributed by atoms with Crippen molar-refractivity contribution >= 4 is 50.2 Å². The third kappa shape index (κ3) is 2.60. The van der Waals surface area contributed by atoms with Crippen molar-refractivity contribution in [2.75, 3.05) is 7.11 Å². The number of hydrogen-bond donors (Lipinski definition) is 2. The summed E-state index contributed by atoms with van der Waals surface area (Å²) in [6.45, 7) is 0. The van der Waals surface area contributed by atoms with Gasteiger partial charge in [-0.2, -0.15) is 5.10 Å². The first-order valence-electron chi connectivity index (χ1n) is 8.34. The van der Waals surface area contributed by atoms with Crippen molar-refractivity contribution in [1.82, 2.24) is 15.4 Å². The predicted octanol–water partition coefficient (Wildman–Crippen LogP) is 3.70. The molecule has 132 valence electrons. The number of carbonyl (C=O) groups excluding carboxylic acids is 1. The van der Waals surface area contributed by atoms with Crippen molar-refractivity contribution in [2.24, 2.45) is 5.10 Å². The Morgan fingerprint density at radius 1 is 1.19 bits per heavy atom. The lowest BCUT2D eigenvalue weighted by molar-refractivity contribution is -0.116. The van der Waals surface area contributed by atoms with E-state index < -0.39 is 0 Å². The Morgan fingerprint density at radius 2 is 2.07 bits per heavy atom. The Labute approximate surface area is 158 Å². The van der Waals surface area contributed by atoms with Crippen LogP contribution in [-0.2, 0) is 4.79 Å². The molecular weight excluding hydrogens is 360 g/mol. The molecule has 4 aromatic rings. The molecule has 0 saturated carbocycles. The molecule has 0 radical (unpaired) electrons. The van der Waals surface area contributed by atoms with E-state index in [-0.39, 0.29) is 5.91 Å². The number of amides is 1. The quantitative estimate of drug-likeness (QED) is 0.537. The van der Waals surface area contributed by atoms with E-state index in [0.29, 0.717) is 16.3 Å². The maximum absolute atomic E-state index is 12.4. The standard InChI is InChI=1S/C20H14N4O2S/c1-26-12-6-7-16-17(9-12)27-20(22-16)18-14(19(25)24-23-18)8-11-10-21-15-5-3-2-4-13(11)15/h2-10,21H,1H3,(H,24,25)/b14-8-. The Balaban J connectivity index is 1.60. The molecule has 7 heteroatoms. The lowest BCUT2D eigenvalue weighted by Crippen LogP contribution is -2.13. The van der Waals surface area contributed by atoms with E-state index in [1.54, 1.807) is 7.11 Å². The van der Waals surface area contributed by atoms with Crippen molar-refractivity contribution in [3.63, 3.8) is 0 Å². The molecule has 2 aromatic carbocycles. The summed E-state index contributed by atoms with van der Waals surface area (Å²) in [5, 5.41) is 5.97. The van der Waals surface area contributed by atoms with Gasteiger partial charge < -0.3 is 9.72 Å². The van der Waals surface area contributed by atoms with Crippen molar-refractivity contribution < 1.29 is 9.53 Å². The van der Waals surface area contributed by atoms with Crippen LogP contribution in [0.15, 0.2) is 59.3 Å². The number of rotatable bonds is 3. The average Bonchev–Trinajstić information content (AvgIpc) is 3.39. The molecule has 3 heterocycles. The summed E-state index contributed by atoms with van der Waals surface area (Å²) in [7, 11) is 1.63. The van der Waals surface area contributed by atoms with Crippen molar-refractivity contribution in [3.8, 4) is 5.75 Å². The zero-order valence-corrected chi connectivity index (χ0v) is 15.1. The Bertz CT molecular complexity index is 1270. The zero-order valence-electron chi connectivity index (χ0n) is 14.3. The monoisotopic (exact) mass is 374 g/mol. The molecule has 1 amide bonds. The smallest absolute Gasteiger partial charge is 0.273 e. The van der Waals surface area contributed by atoms with Crippen LogP contribution in [0.3, 0.4) is 0 Å². The van der Waals surface area contributed by atoms with Gasteiger partial charge in [-0.15, -0.1) is 11.3 Å². The highest BCUT2D eigenvalue weighted by Gasteiger charge is 2.27. The maximum Gasteiger partial charge on any atom is 0.273 e. The van der Waals surface area contributed by atoms with E-state index in [9.17, 15) is 4.79 Å². The molecule has 0 fully saturated rings. The Kier molecular flexibility index (Phi) is 3.54. The number of aromatic amines is 1. The summed E-state index contributed by atoms with van der Waals surface area (Å²) < 4.78 is 6.26. The molecule has 0 aliphatic carbocycles. The van der Waals surface area contributed by atoms with Crippen molar-refractivity contribution in [3.05, 3.63) is 64.8 Å². The number of methoxy groups -OCH3 is 1. The molecule has 6 nitrogen and oxygen atoms in total. The number of nitrogens with zero attached hydrogens (tertiary/aromatic N) is 2. The van der Waals surface area contributed by atoms with E-state index in [4.69, 9.17) is 4.74 Å². The van der Waals surface area contributed by atoms with Gasteiger partial charge in [-0.05, 0) is 30.3 Å². The fourth-order valence-corrected chi connectivity index (χ4v) is 4.13. The number of benzene rings is 2. The highest BCUT2D eigenvalue weighted by molar-refractivity contribution is 7.20. The highest BCUT2D eigenvalue weighted by atomic mass is 32.1. The molecule has 0 bridgehead atoms. The van der Waals surface area contributed by atoms with Crippen LogP contribution >= 0.6 is 11.3 Å². The lowest BCUT2D eigenvalue weighted by Gasteiger charge is -1.97. The molecule has 1 aliphatic rings. The summed E-state index contributed by atoms with van der Waals surface area (Å²) in [6, 6.07) is 13.7. The number of aromatic nitrogens is 2. The maximum atomic E-state index is 12.4. The van der Waals surface area contributed by atoms with Gasteiger partial charge in [-0.3, -0.25) is 4.79 Å². The van der Waals surface area contributed by atoms with Crippen molar-refractivity contribution in [1.29, 1.82) is 0 Å². The van der Waals surface area contributed by atoms with E-state index in [1.807, 2.05) is 54.7 Å². The first-order valence-corrected chi connectivity index (χ1v) is 9.16. The summed E-state index contributed by atoms with van der Waals surface area (Å²) in [5.41, 5.74) is 6.43. The van der Waals surface area contributed by atoms with Gasteiger partial charge in [0.15, 0.2) is 0 Å². The summed E-state index contributed by atoms with van der Waals surface area (Å²) >= 11 is 1.48. The van der Waals surface area contributed by atoms with Gasteiger partial charge in [0.05, 0.1) is 22.9 Å². The fourth-order valence-electron chi connectivity index (χ4n) is 3.13. The van der Waals surface area contributed by atoms with E-state index in [1.165, 1.54) is 11.3 Å². The molecule has 27 heavy (non-hydrogen) atoms. The number of carbonyl (C=O) groups is 1. The minimum atomic E-state index is -0.230. The van der Waals surface area contributed by atoms with E-state index in [0.717, 1.165) is 32.4 Å². The van der Waals surface area contributed by atoms with Gasteiger partial charge in [0.1, 0.15) is 16.5 Å². The number of fused-ring (bicyclic) bond motifs is 2. The first kappa shape index (κ1) is 15.8. The normalized spacial score (nSPS) is 15.5. The molecular formula is C20H14N4O2S. The van der Waals surface area contributed by atoms with Crippen LogP contribution in [0.5, 0.6) is 5.75 Å². The second-order valence-electron chi connectivity index (χ2n) is 6.10. The minimum Gasteiger partial charge on any atom is -0.497 e. The number of H-pyrrole nitrogens is 1. The number of hydrazone groups is 1. The van der Waals surface area contributed by atoms with Crippen LogP contribution in [0, 0.1) is 0 Å².